The van der Waals surface area contributed by atoms with Gasteiger partial charge in [0.1, 0.15) is 12.7 Å². The molecule has 2 N–H and O–H groups in total. The highest BCUT2D eigenvalue weighted by Gasteiger charge is 2.22. The molecule has 0 radical (unpaired) electrons. The van der Waals surface area contributed by atoms with Crippen molar-refractivity contribution in [3.8, 4) is 5.69 Å². The molecule has 0 bridgehead atoms. The number of benzene rings is 2. The number of rotatable bonds is 5. The molecule has 1 amide bonds. The molecule has 2 aromatic carbocycles. The van der Waals surface area contributed by atoms with Crippen LogP contribution >= 0.6 is 0 Å². The number of nitrogens with two attached hydrogens (primary N) is 1. The summed E-state index contributed by atoms with van der Waals surface area (Å²) in [6.07, 6.45) is 3.07. The Morgan fingerprint density at radius 2 is 1.83 bits per heavy atom. The van der Waals surface area contributed by atoms with E-state index in [1.807, 2.05) is 31.2 Å². The summed E-state index contributed by atoms with van der Waals surface area (Å²) in [5.74, 6) is -0.286. The molecular formula is C20H23N5O3S. The van der Waals surface area contributed by atoms with Crippen LogP contribution < -0.4 is 5.14 Å². The van der Waals surface area contributed by atoms with Gasteiger partial charge in [0.25, 0.3) is 5.91 Å². The molecular weight excluding hydrogens is 390 g/mol. The summed E-state index contributed by atoms with van der Waals surface area (Å²) >= 11 is 0. The van der Waals surface area contributed by atoms with E-state index in [0.29, 0.717) is 11.1 Å². The van der Waals surface area contributed by atoms with Gasteiger partial charge in [-0.05, 0) is 61.7 Å². The number of nitrogens with zero attached hydrogens (tertiary/aromatic N) is 4. The van der Waals surface area contributed by atoms with E-state index in [1.165, 1.54) is 12.4 Å². The van der Waals surface area contributed by atoms with E-state index in [1.54, 1.807) is 42.9 Å². The Bertz CT molecular complexity index is 1140. The fourth-order valence-electron chi connectivity index (χ4n) is 3.10. The Morgan fingerprint density at radius 1 is 1.17 bits per heavy atom. The highest BCUT2D eigenvalue weighted by atomic mass is 32.2. The fourth-order valence-corrected chi connectivity index (χ4v) is 3.98. The lowest BCUT2D eigenvalue weighted by molar-refractivity contribution is 0.0742. The van der Waals surface area contributed by atoms with Crippen molar-refractivity contribution >= 4 is 15.9 Å². The van der Waals surface area contributed by atoms with E-state index < -0.39 is 10.0 Å². The maximum Gasteiger partial charge on any atom is 0.254 e. The van der Waals surface area contributed by atoms with Crippen LogP contribution in [0.25, 0.3) is 5.69 Å². The summed E-state index contributed by atoms with van der Waals surface area (Å²) in [5, 5.41) is 9.40. The molecule has 0 aliphatic heterocycles. The molecule has 8 nitrogen and oxygen atoms in total. The second-order valence-corrected chi connectivity index (χ2v) is 8.51. The van der Waals surface area contributed by atoms with Crippen LogP contribution in [0, 0.1) is 13.8 Å². The van der Waals surface area contributed by atoms with Crippen molar-refractivity contribution in [1.29, 1.82) is 0 Å². The molecule has 9 heteroatoms. The normalized spacial score (nSPS) is 12.6. The number of carbonyl (C=O) groups excluding carboxylic acids is 1. The van der Waals surface area contributed by atoms with E-state index in [2.05, 4.69) is 10.1 Å². The lowest BCUT2D eigenvalue weighted by Crippen LogP contribution is -2.30. The van der Waals surface area contributed by atoms with Crippen LogP contribution in [-0.2, 0) is 10.0 Å². The molecule has 1 aromatic heterocycles. The van der Waals surface area contributed by atoms with Crippen molar-refractivity contribution in [2.24, 2.45) is 5.14 Å². The van der Waals surface area contributed by atoms with Crippen molar-refractivity contribution in [3.63, 3.8) is 0 Å². The third-order valence-corrected chi connectivity index (χ3v) is 6.17. The quantitative estimate of drug-likeness (QED) is 0.690. The number of sulfonamides is 1. The average molecular weight is 414 g/mol. The minimum Gasteiger partial charge on any atom is -0.335 e. The lowest BCUT2D eigenvalue weighted by Gasteiger charge is -2.26. The second-order valence-electron chi connectivity index (χ2n) is 6.98. The molecule has 1 heterocycles. The zero-order valence-electron chi connectivity index (χ0n) is 16.7. The molecule has 0 spiro atoms. The first-order valence-electron chi connectivity index (χ1n) is 8.95. The smallest absolute Gasteiger partial charge is 0.254 e. The predicted octanol–water partition coefficient (Wildman–Crippen LogP) is 2.36. The van der Waals surface area contributed by atoms with Gasteiger partial charge in [-0.15, -0.1) is 0 Å². The maximum absolute atomic E-state index is 13.0. The molecule has 1 atom stereocenters. The zero-order chi connectivity index (χ0) is 21.3. The van der Waals surface area contributed by atoms with Gasteiger partial charge in [0.05, 0.1) is 16.6 Å². The van der Waals surface area contributed by atoms with Gasteiger partial charge < -0.3 is 4.90 Å². The van der Waals surface area contributed by atoms with Gasteiger partial charge in [0, 0.05) is 12.6 Å². The van der Waals surface area contributed by atoms with Crippen LogP contribution in [0.5, 0.6) is 0 Å². The van der Waals surface area contributed by atoms with Crippen LogP contribution in [0.4, 0.5) is 0 Å². The molecule has 1 unspecified atom stereocenters. The molecule has 0 saturated carbocycles. The van der Waals surface area contributed by atoms with Gasteiger partial charge in [-0.1, -0.05) is 12.1 Å². The van der Waals surface area contributed by atoms with Gasteiger partial charge in [0.2, 0.25) is 10.0 Å². The molecule has 0 aliphatic carbocycles. The Morgan fingerprint density at radius 3 is 2.38 bits per heavy atom. The third kappa shape index (κ3) is 4.20. The number of aromatic nitrogens is 3. The number of hydrogen-bond donors (Lipinski definition) is 1. The summed E-state index contributed by atoms with van der Waals surface area (Å²) in [6.45, 7) is 5.34. The number of amides is 1. The molecule has 0 fully saturated rings. The highest BCUT2D eigenvalue weighted by molar-refractivity contribution is 7.89. The van der Waals surface area contributed by atoms with E-state index in [4.69, 9.17) is 5.14 Å². The van der Waals surface area contributed by atoms with Crippen LogP contribution in [0.15, 0.2) is 53.9 Å². The van der Waals surface area contributed by atoms with Gasteiger partial charge in [-0.2, -0.15) is 5.10 Å². The van der Waals surface area contributed by atoms with Crippen molar-refractivity contribution in [3.05, 3.63) is 71.3 Å². The zero-order valence-corrected chi connectivity index (χ0v) is 17.5. The Balaban J connectivity index is 1.87. The third-order valence-electron chi connectivity index (χ3n) is 5.13. The summed E-state index contributed by atoms with van der Waals surface area (Å²) in [7, 11) is -2.24. The minimum absolute atomic E-state index is 0.0286. The Kier molecular flexibility index (Phi) is 5.54. The van der Waals surface area contributed by atoms with Gasteiger partial charge in [-0.3, -0.25) is 4.79 Å². The molecule has 0 saturated heterocycles. The fraction of sp³-hybridized carbons (Fsp3) is 0.250. The van der Waals surface area contributed by atoms with Crippen molar-refractivity contribution < 1.29 is 13.2 Å². The van der Waals surface area contributed by atoms with Crippen LogP contribution in [0.2, 0.25) is 0 Å². The predicted molar refractivity (Wildman–Crippen MR) is 109 cm³/mol. The standard InChI is InChI=1S/C20H23N5O3S/c1-13-9-17(10-19(14(13)2)29(21,27)28)20(26)24(4)15(3)16-5-7-18(8-6-16)25-12-22-11-23-25/h5-12,15H,1-4H3,(H2,21,27,28). The number of aryl methyl sites for hydroxylation is 1. The van der Waals surface area contributed by atoms with Crippen molar-refractivity contribution in [2.75, 3.05) is 7.05 Å². The molecule has 3 rings (SSSR count). The van der Waals surface area contributed by atoms with Crippen molar-refractivity contribution in [1.82, 2.24) is 19.7 Å². The second kappa shape index (κ2) is 7.76. The monoisotopic (exact) mass is 413 g/mol. The number of carbonyl (C=O) groups is 1. The van der Waals surface area contributed by atoms with E-state index >= 15 is 0 Å². The van der Waals surface area contributed by atoms with Gasteiger partial charge in [-0.25, -0.2) is 23.2 Å². The van der Waals surface area contributed by atoms with Gasteiger partial charge >= 0.3 is 0 Å². The SMILES string of the molecule is Cc1cc(C(=O)N(C)C(C)c2ccc(-n3cncn3)cc2)cc(S(N)(=O)=O)c1C. The van der Waals surface area contributed by atoms with Crippen LogP contribution in [0.1, 0.15) is 40.0 Å². The maximum atomic E-state index is 13.0. The summed E-state index contributed by atoms with van der Waals surface area (Å²) in [6, 6.07) is 10.4. The average Bonchev–Trinajstić information content (AvgIpc) is 3.22. The Labute approximate surface area is 170 Å². The summed E-state index contributed by atoms with van der Waals surface area (Å²) in [4.78, 5) is 18.5. The summed E-state index contributed by atoms with van der Waals surface area (Å²) in [5.41, 5.74) is 3.31. The highest BCUT2D eigenvalue weighted by Crippen LogP contribution is 2.25. The molecule has 0 aliphatic rings. The molecule has 29 heavy (non-hydrogen) atoms. The first kappa shape index (κ1) is 20.7. The topological polar surface area (TPSA) is 111 Å². The van der Waals surface area contributed by atoms with Crippen LogP contribution in [-0.4, -0.2) is 41.0 Å². The number of primary sulfonamides is 1. The van der Waals surface area contributed by atoms with Crippen molar-refractivity contribution in [2.45, 2.75) is 31.7 Å². The number of hydrogen-bond acceptors (Lipinski definition) is 5. The van der Waals surface area contributed by atoms with E-state index in [-0.39, 0.29) is 22.4 Å². The minimum atomic E-state index is -3.92. The largest absolute Gasteiger partial charge is 0.335 e. The first-order valence-corrected chi connectivity index (χ1v) is 10.5. The van der Waals surface area contributed by atoms with Gasteiger partial charge in [0.15, 0.2) is 0 Å². The summed E-state index contributed by atoms with van der Waals surface area (Å²) < 4.78 is 25.4. The first-order chi connectivity index (χ1) is 13.6. The van der Waals surface area contributed by atoms with E-state index in [9.17, 15) is 13.2 Å². The van der Waals surface area contributed by atoms with E-state index in [0.717, 1.165) is 11.3 Å². The van der Waals surface area contributed by atoms with Crippen LogP contribution in [0.3, 0.4) is 0 Å². The molecule has 152 valence electrons. The molecule has 3 aromatic rings. The lowest BCUT2D eigenvalue weighted by atomic mass is 10.0. The Hall–Kier alpha value is -3.04.